The molecule has 0 aliphatic rings. The van der Waals surface area contributed by atoms with E-state index >= 15 is 0 Å². The van der Waals surface area contributed by atoms with Crippen LogP contribution >= 0.6 is 11.3 Å². The van der Waals surface area contributed by atoms with Crippen molar-refractivity contribution in [2.45, 2.75) is 52.3 Å². The Morgan fingerprint density at radius 1 is 1.35 bits per heavy atom. The number of carbonyl (C=O) groups excluding carboxylic acids is 1. The molecule has 0 spiro atoms. The van der Waals surface area contributed by atoms with E-state index in [0.29, 0.717) is 12.2 Å². The van der Waals surface area contributed by atoms with Gasteiger partial charge in [-0.05, 0) is 51.5 Å². The van der Waals surface area contributed by atoms with E-state index in [2.05, 4.69) is 30.5 Å². The summed E-state index contributed by atoms with van der Waals surface area (Å²) in [7, 11) is 0. The van der Waals surface area contributed by atoms with Crippen molar-refractivity contribution in [3.05, 3.63) is 45.5 Å². The van der Waals surface area contributed by atoms with Crippen LogP contribution in [0.25, 0.3) is 0 Å². The summed E-state index contributed by atoms with van der Waals surface area (Å²) < 4.78 is 5.16. The molecule has 0 aliphatic carbocycles. The molecule has 0 unspecified atom stereocenters. The van der Waals surface area contributed by atoms with Crippen LogP contribution in [-0.2, 0) is 0 Å². The molecule has 2 heterocycles. The summed E-state index contributed by atoms with van der Waals surface area (Å²) in [5.74, 6) is 0.511. The van der Waals surface area contributed by atoms with Crippen LogP contribution in [0.1, 0.15) is 53.5 Å². The summed E-state index contributed by atoms with van der Waals surface area (Å²) >= 11 is 1.73. The number of aliphatic hydroxyl groups excluding tert-OH is 1. The highest BCUT2D eigenvalue weighted by Crippen LogP contribution is 2.26. The van der Waals surface area contributed by atoms with Crippen LogP contribution in [0, 0.1) is 13.8 Å². The highest BCUT2D eigenvalue weighted by Gasteiger charge is 2.18. The summed E-state index contributed by atoms with van der Waals surface area (Å²) in [5, 5.41) is 15.8. The van der Waals surface area contributed by atoms with Crippen molar-refractivity contribution in [1.82, 2.24) is 10.6 Å². The average Bonchev–Trinajstić information content (AvgIpc) is 3.07. The Morgan fingerprint density at radius 3 is 2.65 bits per heavy atom. The van der Waals surface area contributed by atoms with E-state index in [1.54, 1.807) is 23.5 Å². The Balaban J connectivity index is 1.83. The van der Waals surface area contributed by atoms with E-state index < -0.39 is 6.10 Å². The number of furan rings is 1. The molecule has 0 radical (unpaired) electrons. The van der Waals surface area contributed by atoms with Gasteiger partial charge in [-0.2, -0.15) is 0 Å². The van der Waals surface area contributed by atoms with Crippen molar-refractivity contribution in [2.24, 2.45) is 0 Å². The molecule has 0 aromatic carbocycles. The molecule has 0 fully saturated rings. The molecule has 2 aromatic heterocycles. The van der Waals surface area contributed by atoms with E-state index in [-0.39, 0.29) is 18.1 Å². The van der Waals surface area contributed by atoms with Crippen molar-refractivity contribution in [1.29, 1.82) is 0 Å². The van der Waals surface area contributed by atoms with E-state index in [4.69, 9.17) is 4.42 Å². The molecule has 0 saturated carbocycles. The van der Waals surface area contributed by atoms with Crippen molar-refractivity contribution in [3.63, 3.8) is 0 Å². The summed E-state index contributed by atoms with van der Waals surface area (Å²) in [6.45, 7) is 7.95. The second-order valence-electron chi connectivity index (χ2n) is 5.88. The maximum Gasteiger partial charge on any atom is 0.315 e. The van der Waals surface area contributed by atoms with Gasteiger partial charge in [0.25, 0.3) is 0 Å². The number of thiophene rings is 1. The van der Waals surface area contributed by atoms with Gasteiger partial charge in [-0.25, -0.2) is 4.79 Å². The van der Waals surface area contributed by atoms with Gasteiger partial charge in [0.15, 0.2) is 0 Å². The lowest BCUT2D eigenvalue weighted by molar-refractivity contribution is 0.129. The number of aryl methyl sites for hydroxylation is 2. The maximum atomic E-state index is 12.1. The second kappa shape index (κ2) is 7.66. The fourth-order valence-electron chi connectivity index (χ4n) is 2.61. The largest absolute Gasteiger partial charge is 0.467 e. The summed E-state index contributed by atoms with van der Waals surface area (Å²) in [5.41, 5.74) is 1.14. The predicted molar refractivity (Wildman–Crippen MR) is 91.6 cm³/mol. The lowest BCUT2D eigenvalue weighted by Crippen LogP contribution is -2.42. The Bertz CT molecular complexity index is 636. The number of carbonyl (C=O) groups is 1. The zero-order chi connectivity index (χ0) is 17.0. The van der Waals surface area contributed by atoms with Gasteiger partial charge in [-0.3, -0.25) is 0 Å². The van der Waals surface area contributed by atoms with Gasteiger partial charge in [0.2, 0.25) is 0 Å². The van der Waals surface area contributed by atoms with Gasteiger partial charge in [0.1, 0.15) is 11.9 Å². The van der Waals surface area contributed by atoms with Gasteiger partial charge >= 0.3 is 6.03 Å². The number of amides is 2. The first-order valence-electron chi connectivity index (χ1n) is 7.72. The summed E-state index contributed by atoms with van der Waals surface area (Å²) in [4.78, 5) is 14.6. The zero-order valence-corrected chi connectivity index (χ0v) is 14.7. The molecule has 0 aliphatic heterocycles. The molecule has 2 amide bonds. The molecular formula is C17H24N2O3S. The average molecular weight is 336 g/mol. The van der Waals surface area contributed by atoms with Crippen molar-refractivity contribution in [3.8, 4) is 0 Å². The SMILES string of the molecule is Cc1cc([C@H](C)NC(=O)N[C@H](C)C[C@H](O)c2ccco2)c(C)s1. The first-order chi connectivity index (χ1) is 10.9. The molecule has 0 saturated heterocycles. The van der Waals surface area contributed by atoms with Gasteiger partial charge in [-0.1, -0.05) is 0 Å². The van der Waals surface area contributed by atoms with E-state index in [9.17, 15) is 9.90 Å². The highest BCUT2D eigenvalue weighted by atomic mass is 32.1. The monoisotopic (exact) mass is 336 g/mol. The van der Waals surface area contributed by atoms with E-state index in [0.717, 1.165) is 5.56 Å². The normalized spacial score (nSPS) is 15.0. The van der Waals surface area contributed by atoms with Crippen LogP contribution in [-0.4, -0.2) is 17.2 Å². The molecule has 2 aromatic rings. The molecule has 0 bridgehead atoms. The van der Waals surface area contributed by atoms with Gasteiger partial charge in [0, 0.05) is 22.2 Å². The van der Waals surface area contributed by atoms with Gasteiger partial charge in [0.05, 0.1) is 12.3 Å². The fourth-order valence-corrected chi connectivity index (χ4v) is 3.63. The molecule has 6 heteroatoms. The number of aliphatic hydroxyl groups is 1. The Labute approximate surface area is 140 Å². The first kappa shape index (κ1) is 17.6. The fraction of sp³-hybridized carbons (Fsp3) is 0.471. The number of hydrogen-bond donors (Lipinski definition) is 3. The quantitative estimate of drug-likeness (QED) is 0.750. The molecule has 126 valence electrons. The van der Waals surface area contributed by atoms with Crippen molar-refractivity contribution >= 4 is 17.4 Å². The van der Waals surface area contributed by atoms with Crippen LogP contribution in [0.2, 0.25) is 0 Å². The van der Waals surface area contributed by atoms with Crippen LogP contribution < -0.4 is 10.6 Å². The number of rotatable bonds is 6. The second-order valence-corrected chi connectivity index (χ2v) is 7.34. The van der Waals surface area contributed by atoms with Crippen LogP contribution in [0.5, 0.6) is 0 Å². The third kappa shape index (κ3) is 4.84. The highest BCUT2D eigenvalue weighted by molar-refractivity contribution is 7.12. The minimum absolute atomic E-state index is 0.0536. The maximum absolute atomic E-state index is 12.1. The van der Waals surface area contributed by atoms with E-state index in [1.165, 1.54) is 16.0 Å². The predicted octanol–water partition coefficient (Wildman–Crippen LogP) is 3.83. The van der Waals surface area contributed by atoms with Gasteiger partial charge < -0.3 is 20.2 Å². The Kier molecular flexibility index (Phi) is 5.85. The summed E-state index contributed by atoms with van der Waals surface area (Å²) in [6, 6.07) is 5.10. The molecule has 3 atom stereocenters. The standard InChI is InChI=1S/C17H24N2O3S/c1-10(8-15(20)16-6-5-7-22-16)18-17(21)19-12(3)14-9-11(2)23-13(14)4/h5-7,9-10,12,15,20H,8H2,1-4H3,(H2,18,19,21)/t10-,12+,15+/m1/s1. The molecular weight excluding hydrogens is 312 g/mol. The van der Waals surface area contributed by atoms with Crippen LogP contribution in [0.4, 0.5) is 4.79 Å². The Hall–Kier alpha value is -1.79. The van der Waals surface area contributed by atoms with Crippen LogP contribution in [0.3, 0.4) is 0 Å². The third-order valence-corrected chi connectivity index (χ3v) is 4.70. The third-order valence-electron chi connectivity index (χ3n) is 3.72. The summed E-state index contributed by atoms with van der Waals surface area (Å²) in [6.07, 6.45) is 1.20. The first-order valence-corrected chi connectivity index (χ1v) is 8.54. The molecule has 23 heavy (non-hydrogen) atoms. The molecule has 5 nitrogen and oxygen atoms in total. The topological polar surface area (TPSA) is 74.5 Å². The Morgan fingerprint density at radius 2 is 2.09 bits per heavy atom. The smallest absolute Gasteiger partial charge is 0.315 e. The molecule has 3 N–H and O–H groups in total. The van der Waals surface area contributed by atoms with Crippen molar-refractivity contribution in [2.75, 3.05) is 0 Å². The lowest BCUT2D eigenvalue weighted by Gasteiger charge is -2.19. The number of urea groups is 1. The minimum Gasteiger partial charge on any atom is -0.467 e. The molecule has 2 rings (SSSR count). The van der Waals surface area contributed by atoms with Crippen molar-refractivity contribution < 1.29 is 14.3 Å². The zero-order valence-electron chi connectivity index (χ0n) is 13.9. The minimum atomic E-state index is -0.723. The van der Waals surface area contributed by atoms with Gasteiger partial charge in [-0.15, -0.1) is 11.3 Å². The van der Waals surface area contributed by atoms with E-state index in [1.807, 2.05) is 13.8 Å². The van der Waals surface area contributed by atoms with Crippen LogP contribution in [0.15, 0.2) is 28.9 Å². The lowest BCUT2D eigenvalue weighted by atomic mass is 10.1. The number of hydrogen-bond acceptors (Lipinski definition) is 4. The number of nitrogens with one attached hydrogen (secondary N) is 2.